The molecule has 0 radical (unpaired) electrons. The molecule has 0 saturated carbocycles. The van der Waals surface area contributed by atoms with Gasteiger partial charge in [0.15, 0.2) is 0 Å². The Bertz CT molecular complexity index is 887. The van der Waals surface area contributed by atoms with Gasteiger partial charge in [0.1, 0.15) is 0 Å². The summed E-state index contributed by atoms with van der Waals surface area (Å²) in [7, 11) is 0. The Morgan fingerprint density at radius 3 is 2.75 bits per heavy atom. The van der Waals surface area contributed by atoms with Crippen molar-refractivity contribution in [3.8, 4) is 0 Å². The highest BCUT2D eigenvalue weighted by molar-refractivity contribution is 5.64. The number of aryl methyl sites for hydroxylation is 2. The lowest BCUT2D eigenvalue weighted by Gasteiger charge is -2.07. The number of nitrogens with zero attached hydrogens (tertiary/aromatic N) is 5. The van der Waals surface area contributed by atoms with Crippen LogP contribution in [0.4, 0.5) is 5.95 Å². The van der Waals surface area contributed by atoms with E-state index in [1.165, 1.54) is 0 Å². The molecule has 0 bridgehead atoms. The second-order valence-electron chi connectivity index (χ2n) is 5.43. The topological polar surface area (TPSA) is 78.7 Å². The standard InChI is InChI=1S/C17H19N5O2/c1-4-24-17(23)19-15-20-22-13(3)10-12(2)18-16(22)21(15)11-14-8-6-5-7-9-14/h5-10H,4,11H2,1-3H3. The predicted octanol–water partition coefficient (Wildman–Crippen LogP) is 1.07. The number of aromatic nitrogens is 4. The quantitative estimate of drug-likeness (QED) is 0.408. The first-order chi connectivity index (χ1) is 11.6. The third-order valence-electron chi connectivity index (χ3n) is 3.53. The van der Waals surface area contributed by atoms with E-state index in [1.807, 2.05) is 54.8 Å². The van der Waals surface area contributed by atoms with Gasteiger partial charge in [0, 0.05) is 11.2 Å². The zero-order valence-corrected chi connectivity index (χ0v) is 13.9. The highest BCUT2D eigenvalue weighted by Gasteiger charge is 2.22. The average Bonchev–Trinajstić information content (AvgIpc) is 2.87. The summed E-state index contributed by atoms with van der Waals surface area (Å²) in [5, 5.41) is 16.2. The number of fused-ring (bicyclic) bond motifs is 1. The first-order valence-electron chi connectivity index (χ1n) is 7.77. The summed E-state index contributed by atoms with van der Waals surface area (Å²) in [6.07, 6.45) is -0.655. The van der Waals surface area contributed by atoms with E-state index in [2.05, 4.69) is 15.1 Å². The minimum Gasteiger partial charge on any atom is -0.593 e. The Kier molecular flexibility index (Phi) is 4.41. The van der Waals surface area contributed by atoms with Crippen LogP contribution in [0.5, 0.6) is 0 Å². The molecule has 2 aromatic heterocycles. The fourth-order valence-corrected chi connectivity index (χ4v) is 2.52. The molecule has 0 aliphatic rings. The van der Waals surface area contributed by atoms with Crippen molar-refractivity contribution in [2.75, 3.05) is 6.61 Å². The molecule has 0 spiro atoms. The van der Waals surface area contributed by atoms with Gasteiger partial charge in [0.2, 0.25) is 6.08 Å². The van der Waals surface area contributed by atoms with Gasteiger partial charge in [-0.3, -0.25) is 0 Å². The molecule has 7 nitrogen and oxygen atoms in total. The van der Waals surface area contributed by atoms with Gasteiger partial charge in [-0.15, -0.1) is 14.5 Å². The summed E-state index contributed by atoms with van der Waals surface area (Å²) in [4.78, 5) is 8.54. The summed E-state index contributed by atoms with van der Waals surface area (Å²) in [6.45, 7) is 6.39. The zero-order chi connectivity index (χ0) is 17.1. The van der Waals surface area contributed by atoms with E-state index in [9.17, 15) is 5.11 Å². The van der Waals surface area contributed by atoms with E-state index in [4.69, 9.17) is 4.74 Å². The van der Waals surface area contributed by atoms with Crippen molar-refractivity contribution < 1.29 is 14.4 Å². The summed E-state index contributed by atoms with van der Waals surface area (Å²) < 4.78 is 8.41. The van der Waals surface area contributed by atoms with Gasteiger partial charge in [0.05, 0.1) is 17.9 Å². The Labute approximate surface area is 139 Å². The summed E-state index contributed by atoms with van der Waals surface area (Å²) >= 11 is 0. The highest BCUT2D eigenvalue weighted by Crippen LogP contribution is 2.11. The van der Waals surface area contributed by atoms with Gasteiger partial charge in [-0.05, 0) is 26.0 Å². The molecule has 124 valence electrons. The molecule has 0 N–H and O–H groups in total. The molecule has 7 heteroatoms. The van der Waals surface area contributed by atoms with E-state index < -0.39 is 6.08 Å². The van der Waals surface area contributed by atoms with Crippen LogP contribution in [-0.2, 0) is 11.3 Å². The van der Waals surface area contributed by atoms with Crippen molar-refractivity contribution in [3.05, 3.63) is 53.3 Å². The maximum Gasteiger partial charge on any atom is 0.386 e. The van der Waals surface area contributed by atoms with Crippen LogP contribution in [0.2, 0.25) is 0 Å². The van der Waals surface area contributed by atoms with Gasteiger partial charge < -0.3 is 9.84 Å². The van der Waals surface area contributed by atoms with Gasteiger partial charge in [0.25, 0.3) is 0 Å². The van der Waals surface area contributed by atoms with Crippen molar-refractivity contribution in [1.29, 1.82) is 0 Å². The molecule has 3 aromatic rings. The van der Waals surface area contributed by atoms with Crippen LogP contribution in [0.1, 0.15) is 23.9 Å². The summed E-state index contributed by atoms with van der Waals surface area (Å²) in [5.41, 5.74) is 2.87. The Morgan fingerprint density at radius 2 is 2.04 bits per heavy atom. The van der Waals surface area contributed by atoms with Crippen LogP contribution in [-0.4, -0.2) is 27.3 Å². The molecule has 2 heterocycles. The third kappa shape index (κ3) is 3.19. The van der Waals surface area contributed by atoms with Crippen molar-refractivity contribution in [1.82, 2.24) is 14.6 Å². The largest absolute Gasteiger partial charge is 0.593 e. The second kappa shape index (κ2) is 6.66. The number of aliphatic imine (C=N–C) groups is 1. The highest BCUT2D eigenvalue weighted by atomic mass is 16.6. The maximum atomic E-state index is 11.8. The number of hydrogen-bond donors (Lipinski definition) is 0. The van der Waals surface area contributed by atoms with Crippen LogP contribution >= 0.6 is 0 Å². The van der Waals surface area contributed by atoms with E-state index in [1.54, 1.807) is 11.4 Å². The number of benzene rings is 1. The normalized spacial score (nSPS) is 11.9. The van der Waals surface area contributed by atoms with E-state index in [0.29, 0.717) is 12.3 Å². The number of ether oxygens (including phenoxy) is 1. The molecule has 0 unspecified atom stereocenters. The smallest absolute Gasteiger partial charge is 0.386 e. The minimum atomic E-state index is -0.655. The lowest BCUT2D eigenvalue weighted by molar-refractivity contribution is -0.652. The average molecular weight is 325 g/mol. The molecule has 0 atom stereocenters. The SMILES string of the molecule is CCO/C([O-])=N\c1nn2c(C)cc(C)nc2[n+]1Cc1ccccc1. The fraction of sp³-hybridized carbons (Fsp3) is 0.294. The lowest BCUT2D eigenvalue weighted by atomic mass is 10.2. The second-order valence-corrected chi connectivity index (χ2v) is 5.43. The molecule has 0 aliphatic carbocycles. The van der Waals surface area contributed by atoms with E-state index in [0.717, 1.165) is 17.0 Å². The third-order valence-corrected chi connectivity index (χ3v) is 3.53. The lowest BCUT2D eigenvalue weighted by Crippen LogP contribution is -2.35. The molecule has 0 fully saturated rings. The van der Waals surface area contributed by atoms with E-state index >= 15 is 0 Å². The monoisotopic (exact) mass is 325 g/mol. The Balaban J connectivity index is 2.16. The number of hydrogen-bond acceptors (Lipinski definition) is 5. The molecule has 0 saturated heterocycles. The minimum absolute atomic E-state index is 0.269. The zero-order valence-electron chi connectivity index (χ0n) is 13.9. The first-order valence-corrected chi connectivity index (χ1v) is 7.77. The van der Waals surface area contributed by atoms with Crippen LogP contribution in [0.15, 0.2) is 41.4 Å². The van der Waals surface area contributed by atoms with Gasteiger partial charge >= 0.3 is 11.7 Å². The van der Waals surface area contributed by atoms with Crippen LogP contribution < -0.4 is 9.67 Å². The molecular weight excluding hydrogens is 306 g/mol. The Hall–Kier alpha value is -2.96. The molecule has 0 aliphatic heterocycles. The molecule has 0 amide bonds. The van der Waals surface area contributed by atoms with Gasteiger partial charge in [-0.25, -0.2) is 4.57 Å². The summed E-state index contributed by atoms with van der Waals surface area (Å²) in [6, 6.07) is 11.8. The van der Waals surface area contributed by atoms with E-state index in [-0.39, 0.29) is 12.6 Å². The van der Waals surface area contributed by atoms with Crippen molar-refractivity contribution in [3.63, 3.8) is 0 Å². The molecule has 24 heavy (non-hydrogen) atoms. The van der Waals surface area contributed by atoms with Gasteiger partial charge in [-0.1, -0.05) is 37.3 Å². The van der Waals surface area contributed by atoms with Crippen LogP contribution in [0, 0.1) is 13.8 Å². The molecular formula is C17H19N5O2. The van der Waals surface area contributed by atoms with Crippen molar-refractivity contribution >= 4 is 17.8 Å². The maximum absolute atomic E-state index is 11.8. The Morgan fingerprint density at radius 1 is 1.29 bits per heavy atom. The molecule has 1 aromatic carbocycles. The summed E-state index contributed by atoms with van der Waals surface area (Å²) in [5.74, 6) is 0.915. The van der Waals surface area contributed by atoms with Crippen LogP contribution in [0.25, 0.3) is 5.78 Å². The van der Waals surface area contributed by atoms with Crippen molar-refractivity contribution in [2.45, 2.75) is 27.3 Å². The number of rotatable bonds is 4. The first kappa shape index (κ1) is 15.9. The predicted molar refractivity (Wildman–Crippen MR) is 86.9 cm³/mol. The van der Waals surface area contributed by atoms with Crippen molar-refractivity contribution in [2.24, 2.45) is 4.99 Å². The fourth-order valence-electron chi connectivity index (χ4n) is 2.52. The van der Waals surface area contributed by atoms with Gasteiger partial charge in [-0.2, -0.15) is 0 Å². The van der Waals surface area contributed by atoms with Crippen LogP contribution in [0.3, 0.4) is 0 Å². The molecule has 3 rings (SSSR count).